The van der Waals surface area contributed by atoms with E-state index in [2.05, 4.69) is 10.5 Å². The molecule has 0 aliphatic carbocycles. The summed E-state index contributed by atoms with van der Waals surface area (Å²) in [5.74, 6) is 0.710. The number of carbonyl (C=O) groups is 2. The molecule has 1 amide bonds. The van der Waals surface area contributed by atoms with E-state index in [-0.39, 0.29) is 24.2 Å². The van der Waals surface area contributed by atoms with Gasteiger partial charge in [0, 0.05) is 22.5 Å². The number of nitrogens with zero attached hydrogens (tertiary/aromatic N) is 2. The first-order valence-corrected chi connectivity index (χ1v) is 10.5. The van der Waals surface area contributed by atoms with Gasteiger partial charge in [-0.05, 0) is 12.1 Å². The first-order valence-electron chi connectivity index (χ1n) is 8.90. The van der Waals surface area contributed by atoms with Gasteiger partial charge in [0.1, 0.15) is 17.4 Å². The lowest BCUT2D eigenvalue weighted by Gasteiger charge is -2.26. The van der Waals surface area contributed by atoms with E-state index in [0.717, 1.165) is 11.0 Å². The fourth-order valence-corrected chi connectivity index (χ4v) is 5.17. The van der Waals surface area contributed by atoms with Gasteiger partial charge in [-0.15, -0.1) is 11.8 Å². The lowest BCUT2D eigenvalue weighted by atomic mass is 9.92. The molecule has 1 unspecified atom stereocenters. The maximum absolute atomic E-state index is 13.1. The first kappa shape index (κ1) is 19.1. The standard InChI is InChI=1S/C19H19N3O4S2/c23-14(6-13-5-11-3-1-2-4-15(11)26-13)17-16(27)8-20-18(17)19(24)22-10-28-9-12(22)7-21-25/h1-5,7,12,17-18,20,25H,6,8-10H2/t12-,17?,18+/m1/s1. The van der Waals surface area contributed by atoms with Crippen LogP contribution in [0, 0.1) is 5.92 Å². The van der Waals surface area contributed by atoms with Crippen LogP contribution in [0.15, 0.2) is 39.9 Å². The molecule has 2 aromatic rings. The molecule has 7 nitrogen and oxygen atoms in total. The number of thioether (sulfide) groups is 1. The highest BCUT2D eigenvalue weighted by molar-refractivity contribution is 7.99. The maximum atomic E-state index is 13.1. The van der Waals surface area contributed by atoms with Crippen LogP contribution in [0.2, 0.25) is 0 Å². The number of amides is 1. The van der Waals surface area contributed by atoms with Crippen LogP contribution >= 0.6 is 24.0 Å². The van der Waals surface area contributed by atoms with Crippen LogP contribution in [0.4, 0.5) is 0 Å². The number of furan rings is 1. The van der Waals surface area contributed by atoms with Crippen molar-refractivity contribution in [2.24, 2.45) is 11.1 Å². The van der Waals surface area contributed by atoms with E-state index in [1.165, 1.54) is 6.21 Å². The maximum Gasteiger partial charge on any atom is 0.242 e. The van der Waals surface area contributed by atoms with E-state index >= 15 is 0 Å². The Bertz CT molecular complexity index is 925. The van der Waals surface area contributed by atoms with Gasteiger partial charge in [-0.25, -0.2) is 0 Å². The second-order valence-corrected chi connectivity index (χ2v) is 8.36. The number of thiocarbonyl (C=S) groups is 1. The molecular formula is C19H19N3O4S2. The van der Waals surface area contributed by atoms with Gasteiger partial charge >= 0.3 is 0 Å². The summed E-state index contributed by atoms with van der Waals surface area (Å²) < 4.78 is 5.75. The van der Waals surface area contributed by atoms with E-state index < -0.39 is 12.0 Å². The topological polar surface area (TPSA) is 95.1 Å². The Morgan fingerprint density at radius 2 is 2.25 bits per heavy atom. The number of nitrogens with one attached hydrogen (secondary N) is 1. The number of hydrogen-bond donors (Lipinski definition) is 2. The third kappa shape index (κ3) is 3.57. The van der Waals surface area contributed by atoms with Gasteiger partial charge in [0.25, 0.3) is 0 Å². The van der Waals surface area contributed by atoms with Crippen LogP contribution in [0.3, 0.4) is 0 Å². The number of oxime groups is 1. The summed E-state index contributed by atoms with van der Waals surface area (Å²) >= 11 is 6.97. The minimum Gasteiger partial charge on any atom is -0.461 e. The number of rotatable bonds is 5. The van der Waals surface area contributed by atoms with Gasteiger partial charge in [-0.3, -0.25) is 9.59 Å². The van der Waals surface area contributed by atoms with Crippen LogP contribution < -0.4 is 5.32 Å². The average molecular weight is 418 g/mol. The van der Waals surface area contributed by atoms with Crippen molar-refractivity contribution in [3.63, 3.8) is 0 Å². The fraction of sp³-hybridized carbons (Fsp3) is 0.368. The zero-order valence-corrected chi connectivity index (χ0v) is 16.5. The molecule has 1 aromatic heterocycles. The van der Waals surface area contributed by atoms with E-state index in [4.69, 9.17) is 21.8 Å². The van der Waals surface area contributed by atoms with Crippen molar-refractivity contribution in [3.05, 3.63) is 36.1 Å². The second kappa shape index (κ2) is 8.02. The molecule has 2 saturated heterocycles. The van der Waals surface area contributed by atoms with Crippen molar-refractivity contribution in [3.8, 4) is 0 Å². The van der Waals surface area contributed by atoms with Crippen LogP contribution in [-0.4, -0.2) is 63.1 Å². The molecule has 1 aromatic carbocycles. The molecule has 0 saturated carbocycles. The molecule has 2 aliphatic heterocycles. The summed E-state index contributed by atoms with van der Waals surface area (Å²) in [5.41, 5.74) is 0.727. The molecular weight excluding hydrogens is 398 g/mol. The highest BCUT2D eigenvalue weighted by atomic mass is 32.2. The van der Waals surface area contributed by atoms with Gasteiger partial charge in [-0.2, -0.15) is 0 Å². The predicted octanol–water partition coefficient (Wildman–Crippen LogP) is 1.86. The quantitative estimate of drug-likeness (QED) is 0.332. The predicted molar refractivity (Wildman–Crippen MR) is 111 cm³/mol. The zero-order valence-electron chi connectivity index (χ0n) is 14.9. The van der Waals surface area contributed by atoms with Crippen molar-refractivity contribution < 1.29 is 19.2 Å². The SMILES string of the molecule is O=C(Cc1cc2ccccc2o1)C1C(=S)CN[C@@H]1C(=O)N1CSC[C@H]1C=NO. The molecule has 9 heteroatoms. The number of benzene rings is 1. The summed E-state index contributed by atoms with van der Waals surface area (Å²) in [4.78, 5) is 28.2. The lowest BCUT2D eigenvalue weighted by Crippen LogP contribution is -2.50. The van der Waals surface area contributed by atoms with Crippen molar-refractivity contribution in [1.82, 2.24) is 10.2 Å². The number of para-hydroxylation sites is 1. The lowest BCUT2D eigenvalue weighted by molar-refractivity contribution is -0.135. The summed E-state index contributed by atoms with van der Waals surface area (Å²) in [6.45, 7) is 0.349. The van der Waals surface area contributed by atoms with Crippen molar-refractivity contribution >= 4 is 57.7 Å². The normalized spacial score (nSPS) is 25.2. The van der Waals surface area contributed by atoms with E-state index in [1.54, 1.807) is 16.7 Å². The highest BCUT2D eigenvalue weighted by Crippen LogP contribution is 2.26. The molecule has 3 heterocycles. The van der Waals surface area contributed by atoms with Gasteiger partial charge in [0.15, 0.2) is 5.78 Å². The minimum atomic E-state index is -0.697. The van der Waals surface area contributed by atoms with E-state index in [9.17, 15) is 9.59 Å². The monoisotopic (exact) mass is 417 g/mol. The fourth-order valence-electron chi connectivity index (χ4n) is 3.69. The largest absolute Gasteiger partial charge is 0.461 e. The van der Waals surface area contributed by atoms with Crippen molar-refractivity contribution in [1.29, 1.82) is 0 Å². The highest BCUT2D eigenvalue weighted by Gasteiger charge is 2.44. The van der Waals surface area contributed by atoms with E-state index in [1.807, 2.05) is 30.3 Å². The Hall–Kier alpha value is -2.23. The number of hydrogen-bond acceptors (Lipinski definition) is 8. The van der Waals surface area contributed by atoms with Gasteiger partial charge in [-0.1, -0.05) is 35.6 Å². The Labute approximate surface area is 171 Å². The molecule has 0 radical (unpaired) electrons. The number of ketones is 1. The molecule has 0 bridgehead atoms. The molecule has 3 atom stereocenters. The van der Waals surface area contributed by atoms with E-state index in [0.29, 0.717) is 28.8 Å². The average Bonchev–Trinajstić information content (AvgIpc) is 3.39. The number of fused-ring (bicyclic) bond motifs is 1. The minimum absolute atomic E-state index is 0.0845. The summed E-state index contributed by atoms with van der Waals surface area (Å²) in [6.07, 6.45) is 1.43. The molecule has 28 heavy (non-hydrogen) atoms. The van der Waals surface area contributed by atoms with Crippen molar-refractivity contribution in [2.75, 3.05) is 18.2 Å². The third-order valence-electron chi connectivity index (χ3n) is 5.06. The van der Waals surface area contributed by atoms with Crippen molar-refractivity contribution in [2.45, 2.75) is 18.5 Å². The van der Waals surface area contributed by atoms with Gasteiger partial charge < -0.3 is 19.8 Å². The molecule has 2 N–H and O–H groups in total. The zero-order chi connectivity index (χ0) is 19.7. The Morgan fingerprint density at radius 3 is 3.04 bits per heavy atom. The van der Waals surface area contributed by atoms with Crippen LogP contribution in [0.1, 0.15) is 5.76 Å². The summed E-state index contributed by atoms with van der Waals surface area (Å²) in [7, 11) is 0. The Balaban J connectivity index is 1.52. The molecule has 2 fully saturated rings. The van der Waals surface area contributed by atoms with Crippen LogP contribution in [-0.2, 0) is 16.0 Å². The second-order valence-electron chi connectivity index (χ2n) is 6.84. The first-order chi connectivity index (χ1) is 13.6. The van der Waals surface area contributed by atoms with Gasteiger partial charge in [0.05, 0.1) is 30.5 Å². The molecule has 4 rings (SSSR count). The summed E-state index contributed by atoms with van der Waals surface area (Å²) in [6, 6.07) is 8.43. The van der Waals surface area contributed by atoms with Gasteiger partial charge in [0.2, 0.25) is 5.91 Å². The Kier molecular flexibility index (Phi) is 5.47. The smallest absolute Gasteiger partial charge is 0.242 e. The third-order valence-corrected chi connectivity index (χ3v) is 6.49. The van der Waals surface area contributed by atoms with Crippen LogP contribution in [0.25, 0.3) is 11.0 Å². The molecule has 146 valence electrons. The summed E-state index contributed by atoms with van der Waals surface area (Å²) in [5, 5.41) is 15.9. The Morgan fingerprint density at radius 1 is 1.43 bits per heavy atom. The van der Waals surface area contributed by atoms with Crippen LogP contribution in [0.5, 0.6) is 0 Å². The number of Topliss-reactive ketones (excluding diaryl/α,β-unsaturated/α-hetero) is 1. The number of carbonyl (C=O) groups excluding carboxylic acids is 2. The molecule has 0 spiro atoms. The molecule has 2 aliphatic rings.